The summed E-state index contributed by atoms with van der Waals surface area (Å²) >= 11 is 1.53. The number of aromatic amines is 1. The van der Waals surface area contributed by atoms with Gasteiger partial charge in [0.1, 0.15) is 28.9 Å². The maximum atomic E-state index is 13.7. The molecule has 1 aliphatic rings. The minimum atomic E-state index is -0.862. The first-order valence-corrected chi connectivity index (χ1v) is 16.7. The van der Waals surface area contributed by atoms with E-state index in [9.17, 15) is 19.2 Å². The van der Waals surface area contributed by atoms with E-state index in [0.29, 0.717) is 49.7 Å². The summed E-state index contributed by atoms with van der Waals surface area (Å²) in [5.41, 5.74) is 3.07. The molecule has 48 heavy (non-hydrogen) atoms. The van der Waals surface area contributed by atoms with Crippen molar-refractivity contribution in [1.82, 2.24) is 40.6 Å². The molecule has 0 unspecified atom stereocenters. The maximum absolute atomic E-state index is 13.7. The number of hydrogen-bond donors (Lipinski definition) is 5. The lowest BCUT2D eigenvalue weighted by molar-refractivity contribution is -0.123. The zero-order valence-corrected chi connectivity index (χ0v) is 27.3. The Morgan fingerprint density at radius 1 is 0.938 bits per heavy atom. The summed E-state index contributed by atoms with van der Waals surface area (Å²) in [7, 11) is 1.71. The third kappa shape index (κ3) is 7.72. The van der Waals surface area contributed by atoms with Gasteiger partial charge in [-0.2, -0.15) is 5.10 Å². The number of carbonyl (C=O) groups is 4. The molecule has 1 aromatic carbocycles. The molecule has 5 N–H and O–H groups in total. The van der Waals surface area contributed by atoms with Crippen LogP contribution in [-0.4, -0.2) is 87.0 Å². The second-order valence-electron chi connectivity index (χ2n) is 11.5. The van der Waals surface area contributed by atoms with Crippen LogP contribution in [0.25, 0.3) is 21.5 Å². The number of aryl methyl sites for hydroxylation is 1. The molecule has 6 rings (SSSR count). The van der Waals surface area contributed by atoms with E-state index < -0.39 is 11.9 Å². The predicted octanol–water partition coefficient (Wildman–Crippen LogP) is 2.95. The van der Waals surface area contributed by atoms with Gasteiger partial charge >= 0.3 is 0 Å². The molecular formula is C34H37N9O4S. The molecule has 5 heterocycles. The number of aromatic nitrogens is 4. The first-order valence-electron chi connectivity index (χ1n) is 15.8. The highest BCUT2D eigenvalue weighted by molar-refractivity contribution is 7.13. The van der Waals surface area contributed by atoms with E-state index in [2.05, 4.69) is 36.3 Å². The number of nitrogens with zero attached hydrogens (tertiary/aromatic N) is 4. The smallest absolute Gasteiger partial charge is 0.272 e. The molecule has 1 atom stereocenters. The van der Waals surface area contributed by atoms with Crippen LogP contribution in [0.2, 0.25) is 0 Å². The quantitative estimate of drug-likeness (QED) is 0.197. The number of fused-ring (bicyclic) bond motifs is 3. The fraction of sp³-hybridized carbons (Fsp3) is 0.294. The van der Waals surface area contributed by atoms with Crippen LogP contribution in [0, 0.1) is 0 Å². The number of amides is 4. The molecule has 2 bridgehead atoms. The Kier molecular flexibility index (Phi) is 10.1. The van der Waals surface area contributed by atoms with Gasteiger partial charge in [-0.05, 0) is 54.1 Å². The third-order valence-corrected chi connectivity index (χ3v) is 9.00. The Morgan fingerprint density at radius 3 is 2.65 bits per heavy atom. The van der Waals surface area contributed by atoms with Gasteiger partial charge in [-0.25, -0.2) is 4.98 Å². The Balaban J connectivity index is 1.19. The van der Waals surface area contributed by atoms with E-state index >= 15 is 0 Å². The molecule has 248 valence electrons. The zero-order valence-electron chi connectivity index (χ0n) is 26.5. The largest absolute Gasteiger partial charge is 0.368 e. The lowest BCUT2D eigenvalue weighted by Crippen LogP contribution is -2.48. The van der Waals surface area contributed by atoms with Crippen LogP contribution in [0.5, 0.6) is 0 Å². The minimum Gasteiger partial charge on any atom is -0.368 e. The molecule has 0 radical (unpaired) electrons. The third-order valence-electron chi connectivity index (χ3n) is 8.10. The topological polar surface area (TPSA) is 166 Å². The molecule has 1 aliphatic heterocycles. The minimum absolute atomic E-state index is 0.135. The van der Waals surface area contributed by atoms with Gasteiger partial charge in [0.05, 0.1) is 11.4 Å². The standard InChI is InChI=1S/C34H37N9O4S/c1-42-28(19-26(41-42)29-11-7-17-48-29)34(47)43-16-5-4-13-37-32(45)27(18-22-20-38-24-9-3-2-8-23(22)24)40-33(46)25-10-6-12-30(39-25)35-14-15-36-31(44)21-43/h2-3,6-12,17,19-20,27,38H,4-5,13-16,18,21H2,1H3,(H,35,39)(H,36,44)(H,37,45)(H,40,46)/t27-/m0/s1. The van der Waals surface area contributed by atoms with Crippen molar-refractivity contribution in [2.75, 3.05) is 38.0 Å². The molecule has 0 saturated heterocycles. The van der Waals surface area contributed by atoms with Crippen LogP contribution in [-0.2, 0) is 23.1 Å². The van der Waals surface area contributed by atoms with Gasteiger partial charge in [0.25, 0.3) is 11.8 Å². The van der Waals surface area contributed by atoms with E-state index in [-0.39, 0.29) is 42.9 Å². The van der Waals surface area contributed by atoms with Crippen molar-refractivity contribution >= 4 is 51.7 Å². The van der Waals surface area contributed by atoms with E-state index in [1.807, 2.05) is 48.0 Å². The predicted molar refractivity (Wildman–Crippen MR) is 184 cm³/mol. The highest BCUT2D eigenvalue weighted by atomic mass is 32.1. The summed E-state index contributed by atoms with van der Waals surface area (Å²) in [4.78, 5) is 63.7. The van der Waals surface area contributed by atoms with Crippen molar-refractivity contribution in [3.63, 3.8) is 0 Å². The number of benzene rings is 1. The normalized spacial score (nSPS) is 17.0. The lowest BCUT2D eigenvalue weighted by Gasteiger charge is -2.22. The molecule has 0 spiro atoms. The summed E-state index contributed by atoms with van der Waals surface area (Å²) < 4.78 is 1.54. The SMILES string of the molecule is Cn1nc(-c2cccs2)cc1C(=O)N1CCCCNC(=O)[C@H](Cc2c[nH]c3ccccc23)NC(=O)c2cccc(n2)NCCNC(=O)C1. The van der Waals surface area contributed by atoms with Gasteiger partial charge < -0.3 is 31.2 Å². The highest BCUT2D eigenvalue weighted by Crippen LogP contribution is 2.24. The Bertz CT molecular complexity index is 1920. The number of H-pyrrole nitrogens is 1. The van der Waals surface area contributed by atoms with Gasteiger partial charge in [0, 0.05) is 56.7 Å². The number of hydrogen-bond acceptors (Lipinski definition) is 8. The summed E-state index contributed by atoms with van der Waals surface area (Å²) in [6.45, 7) is 1.10. The van der Waals surface area contributed by atoms with Crippen LogP contribution in [0.15, 0.2) is 72.2 Å². The van der Waals surface area contributed by atoms with Crippen LogP contribution in [0.4, 0.5) is 5.82 Å². The van der Waals surface area contributed by atoms with E-state index in [1.54, 1.807) is 31.3 Å². The molecule has 4 amide bonds. The van der Waals surface area contributed by atoms with Crippen molar-refractivity contribution in [1.29, 1.82) is 0 Å². The number of rotatable bonds is 4. The van der Waals surface area contributed by atoms with Gasteiger partial charge in [0.2, 0.25) is 11.8 Å². The number of anilines is 1. The number of carbonyl (C=O) groups excluding carboxylic acids is 4. The molecule has 0 saturated carbocycles. The van der Waals surface area contributed by atoms with E-state index in [0.717, 1.165) is 21.3 Å². The van der Waals surface area contributed by atoms with Crippen molar-refractivity contribution in [2.24, 2.45) is 7.05 Å². The lowest BCUT2D eigenvalue weighted by atomic mass is 10.0. The number of thiophene rings is 1. The van der Waals surface area contributed by atoms with Crippen LogP contribution in [0.1, 0.15) is 39.4 Å². The van der Waals surface area contributed by atoms with Crippen molar-refractivity contribution in [2.45, 2.75) is 25.3 Å². The Morgan fingerprint density at radius 2 is 1.79 bits per heavy atom. The average Bonchev–Trinajstić information content (AvgIpc) is 3.86. The first-order chi connectivity index (χ1) is 23.4. The number of nitrogens with one attached hydrogen (secondary N) is 5. The van der Waals surface area contributed by atoms with Crippen molar-refractivity contribution in [3.8, 4) is 10.6 Å². The van der Waals surface area contributed by atoms with Gasteiger partial charge in [0.15, 0.2) is 0 Å². The van der Waals surface area contributed by atoms with Gasteiger partial charge in [-0.1, -0.05) is 30.3 Å². The Labute approximate surface area is 281 Å². The van der Waals surface area contributed by atoms with Gasteiger partial charge in [-0.15, -0.1) is 11.3 Å². The second kappa shape index (κ2) is 14.9. The zero-order chi connectivity index (χ0) is 33.5. The molecule has 14 heteroatoms. The summed E-state index contributed by atoms with van der Waals surface area (Å²) in [5, 5.41) is 19.3. The summed E-state index contributed by atoms with van der Waals surface area (Å²) in [5.74, 6) is -0.973. The summed E-state index contributed by atoms with van der Waals surface area (Å²) in [6, 6.07) is 17.6. The second-order valence-corrected chi connectivity index (χ2v) is 12.5. The Hall–Kier alpha value is -5.50. The fourth-order valence-electron chi connectivity index (χ4n) is 5.63. The van der Waals surface area contributed by atoms with Crippen LogP contribution < -0.4 is 21.3 Å². The molecule has 13 nitrogen and oxygen atoms in total. The fourth-order valence-corrected chi connectivity index (χ4v) is 6.31. The van der Waals surface area contributed by atoms with Gasteiger partial charge in [-0.3, -0.25) is 23.9 Å². The maximum Gasteiger partial charge on any atom is 0.272 e. The first kappa shape index (κ1) is 32.4. The molecule has 5 aromatic rings. The van der Waals surface area contributed by atoms with E-state index in [4.69, 9.17) is 0 Å². The molecular weight excluding hydrogens is 631 g/mol. The van der Waals surface area contributed by atoms with E-state index in [1.165, 1.54) is 20.9 Å². The number of pyridine rings is 1. The molecule has 0 fully saturated rings. The number of para-hydroxylation sites is 1. The van der Waals surface area contributed by atoms with Crippen molar-refractivity contribution < 1.29 is 19.2 Å². The molecule has 4 aromatic heterocycles. The highest BCUT2D eigenvalue weighted by Gasteiger charge is 2.25. The van der Waals surface area contributed by atoms with Crippen molar-refractivity contribution in [3.05, 3.63) is 89.2 Å². The van der Waals surface area contributed by atoms with Crippen LogP contribution in [0.3, 0.4) is 0 Å². The summed E-state index contributed by atoms with van der Waals surface area (Å²) in [6.07, 6.45) is 3.21. The monoisotopic (exact) mass is 667 g/mol. The average molecular weight is 668 g/mol. The van der Waals surface area contributed by atoms with Crippen LogP contribution >= 0.6 is 11.3 Å². The molecule has 0 aliphatic carbocycles.